The lowest BCUT2D eigenvalue weighted by molar-refractivity contribution is -0.139. The van der Waals surface area contributed by atoms with E-state index in [1.807, 2.05) is 6.92 Å². The van der Waals surface area contributed by atoms with Gasteiger partial charge in [0.2, 0.25) is 0 Å². The molecule has 0 spiro atoms. The van der Waals surface area contributed by atoms with Gasteiger partial charge in [-0.2, -0.15) is 0 Å². The van der Waals surface area contributed by atoms with Crippen LogP contribution in [0, 0.1) is 12.7 Å². The SMILES string of the molecule is CCCCC(NCCC(O)c1ccc(F)c(C)c1)C(=O)O. The van der Waals surface area contributed by atoms with Gasteiger partial charge in [0.05, 0.1) is 6.10 Å². The van der Waals surface area contributed by atoms with Gasteiger partial charge in [0.25, 0.3) is 0 Å². The van der Waals surface area contributed by atoms with Gasteiger partial charge >= 0.3 is 5.97 Å². The van der Waals surface area contributed by atoms with Crippen LogP contribution in [-0.2, 0) is 4.79 Å². The van der Waals surface area contributed by atoms with E-state index in [1.165, 1.54) is 6.07 Å². The second-order valence-electron chi connectivity index (χ2n) is 5.30. The Labute approximate surface area is 125 Å². The van der Waals surface area contributed by atoms with Crippen molar-refractivity contribution in [3.8, 4) is 0 Å². The van der Waals surface area contributed by atoms with Crippen LogP contribution in [0.15, 0.2) is 18.2 Å². The molecule has 118 valence electrons. The number of carbonyl (C=O) groups is 1. The zero-order chi connectivity index (χ0) is 15.8. The standard InChI is InChI=1S/C16H24FNO3/c1-3-4-5-14(16(20)21)18-9-8-15(19)12-6-7-13(17)11(2)10-12/h6-7,10,14-15,18-19H,3-5,8-9H2,1-2H3,(H,20,21). The molecule has 0 aliphatic carbocycles. The van der Waals surface area contributed by atoms with Crippen molar-refractivity contribution < 1.29 is 19.4 Å². The van der Waals surface area contributed by atoms with Gasteiger partial charge in [0, 0.05) is 0 Å². The average molecular weight is 297 g/mol. The predicted octanol–water partition coefficient (Wildman–Crippen LogP) is 2.79. The van der Waals surface area contributed by atoms with Crippen LogP contribution in [0.5, 0.6) is 0 Å². The normalized spacial score (nSPS) is 13.9. The van der Waals surface area contributed by atoms with E-state index in [1.54, 1.807) is 19.1 Å². The second kappa shape index (κ2) is 8.74. The molecule has 4 nitrogen and oxygen atoms in total. The number of unbranched alkanes of at least 4 members (excludes halogenated alkanes) is 1. The molecule has 2 atom stereocenters. The minimum absolute atomic E-state index is 0.297. The van der Waals surface area contributed by atoms with Crippen LogP contribution >= 0.6 is 0 Å². The summed E-state index contributed by atoms with van der Waals surface area (Å²) in [6.07, 6.45) is 2.04. The average Bonchev–Trinajstić information content (AvgIpc) is 2.44. The molecule has 0 saturated carbocycles. The highest BCUT2D eigenvalue weighted by Gasteiger charge is 2.16. The van der Waals surface area contributed by atoms with Crippen LogP contribution in [0.3, 0.4) is 0 Å². The van der Waals surface area contributed by atoms with Crippen LogP contribution in [0.25, 0.3) is 0 Å². The molecule has 0 heterocycles. The van der Waals surface area contributed by atoms with E-state index in [2.05, 4.69) is 5.32 Å². The van der Waals surface area contributed by atoms with Crippen LogP contribution in [0.4, 0.5) is 4.39 Å². The fourth-order valence-corrected chi connectivity index (χ4v) is 2.16. The summed E-state index contributed by atoms with van der Waals surface area (Å²) in [7, 11) is 0. The van der Waals surface area contributed by atoms with Crippen molar-refractivity contribution >= 4 is 5.97 Å². The van der Waals surface area contributed by atoms with E-state index in [0.29, 0.717) is 30.5 Å². The Hall–Kier alpha value is -1.46. The number of aliphatic hydroxyl groups excluding tert-OH is 1. The van der Waals surface area contributed by atoms with Crippen LogP contribution in [0.2, 0.25) is 0 Å². The lowest BCUT2D eigenvalue weighted by Gasteiger charge is -2.16. The Morgan fingerprint density at radius 3 is 2.67 bits per heavy atom. The van der Waals surface area contributed by atoms with Crippen LogP contribution in [0.1, 0.15) is 49.8 Å². The third-order valence-electron chi connectivity index (χ3n) is 3.52. The van der Waals surface area contributed by atoms with Crippen molar-refractivity contribution in [2.24, 2.45) is 0 Å². The maximum absolute atomic E-state index is 13.2. The Bertz CT molecular complexity index is 465. The van der Waals surface area contributed by atoms with Crippen LogP contribution in [-0.4, -0.2) is 28.8 Å². The molecule has 2 unspecified atom stereocenters. The molecular weight excluding hydrogens is 273 g/mol. The van der Waals surface area contributed by atoms with Crippen molar-refractivity contribution in [3.05, 3.63) is 35.1 Å². The Morgan fingerprint density at radius 2 is 2.10 bits per heavy atom. The zero-order valence-electron chi connectivity index (χ0n) is 12.6. The van der Waals surface area contributed by atoms with Gasteiger partial charge in [-0.15, -0.1) is 0 Å². The molecule has 0 saturated heterocycles. The van der Waals surface area contributed by atoms with Crippen molar-refractivity contribution in [2.75, 3.05) is 6.54 Å². The van der Waals surface area contributed by atoms with Gasteiger partial charge < -0.3 is 15.5 Å². The van der Waals surface area contributed by atoms with E-state index >= 15 is 0 Å². The van der Waals surface area contributed by atoms with Gasteiger partial charge in [-0.05, 0) is 43.5 Å². The highest BCUT2D eigenvalue weighted by atomic mass is 19.1. The Balaban J connectivity index is 2.46. The van der Waals surface area contributed by atoms with E-state index < -0.39 is 18.1 Å². The van der Waals surface area contributed by atoms with Gasteiger partial charge in [-0.1, -0.05) is 31.9 Å². The summed E-state index contributed by atoms with van der Waals surface area (Å²) in [5.74, 6) is -1.16. The molecule has 0 aliphatic heterocycles. The number of carboxylic acids is 1. The quantitative estimate of drug-likeness (QED) is 0.655. The molecule has 0 aromatic heterocycles. The highest BCUT2D eigenvalue weighted by Crippen LogP contribution is 2.19. The van der Waals surface area contributed by atoms with Crippen molar-refractivity contribution in [3.63, 3.8) is 0 Å². The largest absolute Gasteiger partial charge is 0.480 e. The van der Waals surface area contributed by atoms with E-state index in [-0.39, 0.29) is 5.82 Å². The van der Waals surface area contributed by atoms with E-state index in [4.69, 9.17) is 5.11 Å². The molecule has 0 fully saturated rings. The zero-order valence-corrected chi connectivity index (χ0v) is 12.6. The summed E-state index contributed by atoms with van der Waals surface area (Å²) < 4.78 is 13.2. The number of rotatable bonds is 9. The van der Waals surface area contributed by atoms with Gasteiger partial charge in [0.1, 0.15) is 11.9 Å². The third kappa shape index (κ3) is 5.81. The number of aliphatic hydroxyl groups is 1. The number of hydrogen-bond donors (Lipinski definition) is 3. The number of benzene rings is 1. The van der Waals surface area contributed by atoms with Crippen LogP contribution < -0.4 is 5.32 Å². The first-order chi connectivity index (χ1) is 9.95. The molecule has 0 bridgehead atoms. The van der Waals surface area contributed by atoms with Gasteiger partial charge in [-0.3, -0.25) is 4.79 Å². The van der Waals surface area contributed by atoms with Crippen molar-refractivity contribution in [1.29, 1.82) is 0 Å². The van der Waals surface area contributed by atoms with Crippen molar-refractivity contribution in [1.82, 2.24) is 5.32 Å². The fourth-order valence-electron chi connectivity index (χ4n) is 2.16. The lowest BCUT2D eigenvalue weighted by atomic mass is 10.0. The van der Waals surface area contributed by atoms with E-state index in [9.17, 15) is 14.3 Å². The summed E-state index contributed by atoms with van der Waals surface area (Å²) in [5.41, 5.74) is 1.14. The summed E-state index contributed by atoms with van der Waals surface area (Å²) in [6.45, 7) is 4.06. The minimum atomic E-state index is -0.865. The topological polar surface area (TPSA) is 69.6 Å². The summed E-state index contributed by atoms with van der Waals surface area (Å²) in [6, 6.07) is 3.93. The Morgan fingerprint density at radius 1 is 1.38 bits per heavy atom. The molecule has 0 radical (unpaired) electrons. The smallest absolute Gasteiger partial charge is 0.320 e. The first kappa shape index (κ1) is 17.6. The number of carboxylic acid groups (broad SMARTS) is 1. The molecule has 1 rings (SSSR count). The summed E-state index contributed by atoms with van der Waals surface area (Å²) >= 11 is 0. The maximum Gasteiger partial charge on any atom is 0.320 e. The lowest BCUT2D eigenvalue weighted by Crippen LogP contribution is -2.37. The molecule has 21 heavy (non-hydrogen) atoms. The molecule has 3 N–H and O–H groups in total. The minimum Gasteiger partial charge on any atom is -0.480 e. The monoisotopic (exact) mass is 297 g/mol. The Kier molecular flexibility index (Phi) is 7.32. The van der Waals surface area contributed by atoms with E-state index in [0.717, 1.165) is 12.8 Å². The van der Waals surface area contributed by atoms with Gasteiger partial charge in [0.15, 0.2) is 0 Å². The second-order valence-corrected chi connectivity index (χ2v) is 5.30. The molecule has 5 heteroatoms. The first-order valence-electron chi connectivity index (χ1n) is 7.36. The summed E-state index contributed by atoms with van der Waals surface area (Å²) in [5, 5.41) is 22.1. The number of aryl methyl sites for hydroxylation is 1. The molecule has 0 amide bonds. The summed E-state index contributed by atoms with van der Waals surface area (Å²) in [4.78, 5) is 11.1. The third-order valence-corrected chi connectivity index (χ3v) is 3.52. The fraction of sp³-hybridized carbons (Fsp3) is 0.562. The van der Waals surface area contributed by atoms with Crippen molar-refractivity contribution in [2.45, 2.75) is 51.7 Å². The first-order valence-corrected chi connectivity index (χ1v) is 7.36. The number of halogens is 1. The van der Waals surface area contributed by atoms with Gasteiger partial charge in [-0.25, -0.2) is 4.39 Å². The molecular formula is C16H24FNO3. The molecule has 1 aromatic rings. The molecule has 1 aromatic carbocycles. The number of aliphatic carboxylic acids is 1. The molecule has 0 aliphatic rings. The number of nitrogens with one attached hydrogen (secondary N) is 1. The highest BCUT2D eigenvalue weighted by molar-refractivity contribution is 5.73. The number of hydrogen-bond acceptors (Lipinski definition) is 3. The predicted molar refractivity (Wildman–Crippen MR) is 79.7 cm³/mol. The maximum atomic E-state index is 13.2.